The third-order valence-corrected chi connectivity index (χ3v) is 5.63. The Kier molecular flexibility index (Phi) is 5.83. The molecule has 1 heterocycles. The van der Waals surface area contributed by atoms with E-state index < -0.39 is 28.5 Å². The quantitative estimate of drug-likeness (QED) is 0.514. The summed E-state index contributed by atoms with van der Waals surface area (Å²) in [5.41, 5.74) is 0.941. The van der Waals surface area contributed by atoms with Gasteiger partial charge in [-0.3, -0.25) is 4.79 Å². The van der Waals surface area contributed by atoms with Gasteiger partial charge in [-0.2, -0.15) is 0 Å². The van der Waals surface area contributed by atoms with Crippen LogP contribution in [0.5, 0.6) is 5.75 Å². The first-order chi connectivity index (χ1) is 11.4. The summed E-state index contributed by atoms with van der Waals surface area (Å²) in [6, 6.07) is 7.72. The lowest BCUT2D eigenvalue weighted by Gasteiger charge is -2.42. The third-order valence-electron chi connectivity index (χ3n) is 3.73. The molecule has 0 amide bonds. The molecule has 1 aliphatic heterocycles. The maximum absolute atomic E-state index is 12.0. The molecule has 2 rings (SSSR count). The van der Waals surface area contributed by atoms with E-state index in [-0.39, 0.29) is 5.97 Å². The second-order valence-corrected chi connectivity index (χ2v) is 17.3. The smallest absolute Gasteiger partial charge is 0.308 e. The molecule has 2 atom stereocenters. The summed E-state index contributed by atoms with van der Waals surface area (Å²) in [6.07, 6.45) is 0.423. The Balaban J connectivity index is 2.47. The number of ether oxygens (including phenoxy) is 2. The molecular formula is C18H30O5Si2. The molecule has 0 saturated carbocycles. The van der Waals surface area contributed by atoms with E-state index in [0.717, 1.165) is 11.3 Å². The number of hydrogen-bond acceptors (Lipinski definition) is 5. The molecule has 0 spiro atoms. The largest absolute Gasteiger partial charge is 0.497 e. The van der Waals surface area contributed by atoms with Gasteiger partial charge in [0, 0.05) is 6.42 Å². The molecule has 25 heavy (non-hydrogen) atoms. The first-order valence-electron chi connectivity index (χ1n) is 8.68. The lowest BCUT2D eigenvalue weighted by atomic mass is 9.99. The predicted molar refractivity (Wildman–Crippen MR) is 103 cm³/mol. The molecule has 0 radical (unpaired) electrons. The van der Waals surface area contributed by atoms with Gasteiger partial charge in [-0.1, -0.05) is 12.1 Å². The fraction of sp³-hybridized carbons (Fsp3) is 0.611. The van der Waals surface area contributed by atoms with Crippen LogP contribution in [-0.4, -0.2) is 35.5 Å². The van der Waals surface area contributed by atoms with Gasteiger partial charge in [0.15, 0.2) is 16.6 Å². The van der Waals surface area contributed by atoms with Gasteiger partial charge in [0.1, 0.15) is 11.9 Å². The van der Waals surface area contributed by atoms with Gasteiger partial charge < -0.3 is 18.3 Å². The summed E-state index contributed by atoms with van der Waals surface area (Å²) < 4.78 is 24.0. The van der Waals surface area contributed by atoms with Gasteiger partial charge in [0.25, 0.3) is 0 Å². The lowest BCUT2D eigenvalue weighted by Crippen LogP contribution is -2.50. The monoisotopic (exact) mass is 382 g/mol. The maximum atomic E-state index is 12.0. The normalized spacial score (nSPS) is 22.6. The van der Waals surface area contributed by atoms with Crippen molar-refractivity contribution in [2.24, 2.45) is 0 Å². The fourth-order valence-electron chi connectivity index (χ4n) is 2.94. The summed E-state index contributed by atoms with van der Waals surface area (Å²) in [5.74, 6) is -0.494. The minimum atomic E-state index is -1.98. The predicted octanol–water partition coefficient (Wildman–Crippen LogP) is 4.47. The first kappa shape index (κ1) is 20.2. The second kappa shape index (κ2) is 7.22. The third kappa shape index (κ3) is 5.41. The number of cyclic esters (lactones) is 1. The van der Waals surface area contributed by atoms with E-state index in [9.17, 15) is 4.79 Å². The molecule has 7 heteroatoms. The molecule has 0 aromatic heterocycles. The molecule has 2 unspecified atom stereocenters. The van der Waals surface area contributed by atoms with Crippen LogP contribution in [0.1, 0.15) is 24.5 Å². The maximum Gasteiger partial charge on any atom is 0.308 e. The van der Waals surface area contributed by atoms with Crippen LogP contribution >= 0.6 is 0 Å². The highest BCUT2D eigenvalue weighted by atomic mass is 28.4. The van der Waals surface area contributed by atoms with Crippen LogP contribution in [-0.2, 0) is 18.4 Å². The van der Waals surface area contributed by atoms with Crippen LogP contribution < -0.4 is 4.74 Å². The average Bonchev–Trinajstić information content (AvgIpc) is 2.84. The van der Waals surface area contributed by atoms with Crippen molar-refractivity contribution < 1.29 is 23.1 Å². The molecule has 1 aromatic carbocycles. The lowest BCUT2D eigenvalue weighted by molar-refractivity contribution is -0.216. The minimum Gasteiger partial charge on any atom is -0.497 e. The summed E-state index contributed by atoms with van der Waals surface area (Å²) >= 11 is 0. The summed E-state index contributed by atoms with van der Waals surface area (Å²) in [6.45, 7) is 12.7. The van der Waals surface area contributed by atoms with Crippen molar-refractivity contribution in [3.05, 3.63) is 29.8 Å². The highest BCUT2D eigenvalue weighted by molar-refractivity contribution is 6.70. The van der Waals surface area contributed by atoms with Gasteiger partial charge in [0.2, 0.25) is 5.79 Å². The van der Waals surface area contributed by atoms with Gasteiger partial charge in [-0.25, -0.2) is 0 Å². The molecule has 0 bridgehead atoms. The van der Waals surface area contributed by atoms with Crippen LogP contribution in [0.25, 0.3) is 0 Å². The van der Waals surface area contributed by atoms with E-state index in [1.807, 2.05) is 24.3 Å². The van der Waals surface area contributed by atoms with Crippen LogP contribution in [0.3, 0.4) is 0 Å². The Labute approximate surface area is 152 Å². The summed E-state index contributed by atoms with van der Waals surface area (Å²) in [5, 5.41) is 0. The SMILES string of the molecule is COc1ccc(C(O[Si](C)(C)C)C2(O[Si](C)(C)C)CCC(=O)O2)cc1. The van der Waals surface area contributed by atoms with Crippen molar-refractivity contribution >= 4 is 22.6 Å². The van der Waals surface area contributed by atoms with Gasteiger partial charge in [-0.05, 0) is 57.0 Å². The first-order valence-corrected chi connectivity index (χ1v) is 15.5. The number of hydrogen-bond donors (Lipinski definition) is 0. The van der Waals surface area contributed by atoms with Crippen LogP contribution in [0.2, 0.25) is 39.3 Å². The Morgan fingerprint density at radius 3 is 2.04 bits per heavy atom. The van der Waals surface area contributed by atoms with Gasteiger partial charge in [-0.15, -0.1) is 0 Å². The second-order valence-electron chi connectivity index (χ2n) is 8.38. The fourth-order valence-corrected chi connectivity index (χ4v) is 5.25. The number of rotatable bonds is 7. The molecule has 1 fully saturated rings. The number of carbonyl (C=O) groups excluding carboxylic acids is 1. The van der Waals surface area contributed by atoms with Crippen molar-refractivity contribution in [3.63, 3.8) is 0 Å². The van der Waals surface area contributed by atoms with Crippen LogP contribution in [0.15, 0.2) is 24.3 Å². The van der Waals surface area contributed by atoms with E-state index >= 15 is 0 Å². The molecule has 140 valence electrons. The van der Waals surface area contributed by atoms with E-state index in [1.54, 1.807) is 7.11 Å². The number of carbonyl (C=O) groups is 1. The zero-order valence-corrected chi connectivity index (χ0v) is 18.3. The molecular weight excluding hydrogens is 352 g/mol. The number of benzene rings is 1. The Bertz CT molecular complexity index is 603. The van der Waals surface area contributed by atoms with Crippen molar-refractivity contribution in [2.45, 2.75) is 64.0 Å². The molecule has 1 saturated heterocycles. The van der Waals surface area contributed by atoms with Gasteiger partial charge in [0.05, 0.1) is 13.5 Å². The zero-order chi connectivity index (χ0) is 18.9. The van der Waals surface area contributed by atoms with E-state index in [1.165, 1.54) is 0 Å². The Morgan fingerprint density at radius 1 is 1.04 bits per heavy atom. The molecule has 5 nitrogen and oxygen atoms in total. The molecule has 0 N–H and O–H groups in total. The molecule has 0 aliphatic carbocycles. The number of methoxy groups -OCH3 is 1. The highest BCUT2D eigenvalue weighted by Gasteiger charge is 2.53. The molecule has 1 aromatic rings. The van der Waals surface area contributed by atoms with Crippen molar-refractivity contribution in [2.75, 3.05) is 7.11 Å². The minimum absolute atomic E-state index is 0.226. The highest BCUT2D eigenvalue weighted by Crippen LogP contribution is 2.45. The Morgan fingerprint density at radius 2 is 1.64 bits per heavy atom. The zero-order valence-electron chi connectivity index (χ0n) is 16.3. The standard InChI is InChI=1S/C18H30O5Si2/c1-20-15-10-8-14(9-11-15)17(22-24(2,3)4)18(23-25(5,6)7)13-12-16(19)21-18/h8-11,17H,12-13H2,1-7H3. The van der Waals surface area contributed by atoms with Crippen molar-refractivity contribution in [3.8, 4) is 5.75 Å². The van der Waals surface area contributed by atoms with E-state index in [4.69, 9.17) is 18.3 Å². The average molecular weight is 383 g/mol. The molecule has 1 aliphatic rings. The Hall–Kier alpha value is -1.16. The summed E-state index contributed by atoms with van der Waals surface area (Å²) in [4.78, 5) is 12.0. The van der Waals surface area contributed by atoms with Crippen molar-refractivity contribution in [1.82, 2.24) is 0 Å². The van der Waals surface area contributed by atoms with Gasteiger partial charge >= 0.3 is 5.97 Å². The van der Waals surface area contributed by atoms with Crippen molar-refractivity contribution in [1.29, 1.82) is 0 Å². The number of esters is 1. The summed E-state index contributed by atoms with van der Waals surface area (Å²) in [7, 11) is -2.26. The van der Waals surface area contributed by atoms with Crippen LogP contribution in [0, 0.1) is 0 Å². The van der Waals surface area contributed by atoms with Crippen LogP contribution in [0.4, 0.5) is 0 Å². The topological polar surface area (TPSA) is 54.0 Å². The van der Waals surface area contributed by atoms with E-state index in [2.05, 4.69) is 39.3 Å². The van der Waals surface area contributed by atoms with E-state index in [0.29, 0.717) is 12.8 Å².